The fourth-order valence-electron chi connectivity index (χ4n) is 2.25. The van der Waals surface area contributed by atoms with Gasteiger partial charge in [0.05, 0.1) is 25.8 Å². The molecule has 1 amide bonds. The minimum Gasteiger partial charge on any atom is -0.495 e. The minimum absolute atomic E-state index is 0.0558. The number of para-hydroxylation sites is 2. The first-order valence-corrected chi connectivity index (χ1v) is 8.32. The van der Waals surface area contributed by atoms with Crippen molar-refractivity contribution < 1.29 is 23.8 Å². The van der Waals surface area contributed by atoms with E-state index in [1.165, 1.54) is 14.0 Å². The zero-order valence-electron chi connectivity index (χ0n) is 15.2. The summed E-state index contributed by atoms with van der Waals surface area (Å²) in [4.78, 5) is 24.1. The van der Waals surface area contributed by atoms with Crippen molar-refractivity contribution in [3.05, 3.63) is 54.1 Å². The van der Waals surface area contributed by atoms with Gasteiger partial charge in [0.25, 0.3) is 5.91 Å². The SMILES string of the molecule is COc1ccccc1NC(=O)[C@H](C)OC(=O)CCOc1cccc(C)c1. The average molecular weight is 357 g/mol. The Morgan fingerprint density at radius 2 is 1.88 bits per heavy atom. The second-order valence-corrected chi connectivity index (χ2v) is 5.74. The number of methoxy groups -OCH3 is 1. The molecular weight excluding hydrogens is 334 g/mol. The highest BCUT2D eigenvalue weighted by molar-refractivity contribution is 5.96. The summed E-state index contributed by atoms with van der Waals surface area (Å²) in [6.07, 6.45) is -0.869. The molecule has 0 aromatic heterocycles. The Hall–Kier alpha value is -3.02. The lowest BCUT2D eigenvalue weighted by molar-refractivity contribution is -0.153. The number of amides is 1. The molecule has 0 heterocycles. The van der Waals surface area contributed by atoms with Crippen molar-refractivity contribution in [3.63, 3.8) is 0 Å². The van der Waals surface area contributed by atoms with Crippen molar-refractivity contribution in [2.75, 3.05) is 19.0 Å². The third kappa shape index (κ3) is 5.81. The molecule has 26 heavy (non-hydrogen) atoms. The second kappa shape index (κ2) is 9.46. The van der Waals surface area contributed by atoms with Crippen molar-refractivity contribution >= 4 is 17.6 Å². The smallest absolute Gasteiger partial charge is 0.310 e. The Morgan fingerprint density at radius 3 is 2.62 bits per heavy atom. The van der Waals surface area contributed by atoms with Crippen LogP contribution in [0.15, 0.2) is 48.5 Å². The Labute approximate surface area is 153 Å². The zero-order chi connectivity index (χ0) is 18.9. The van der Waals surface area contributed by atoms with Gasteiger partial charge in [0, 0.05) is 0 Å². The molecule has 2 aromatic rings. The Balaban J connectivity index is 1.78. The van der Waals surface area contributed by atoms with Gasteiger partial charge < -0.3 is 19.5 Å². The van der Waals surface area contributed by atoms with Crippen LogP contribution in [0, 0.1) is 6.92 Å². The van der Waals surface area contributed by atoms with E-state index in [1.54, 1.807) is 24.3 Å². The van der Waals surface area contributed by atoms with Crippen LogP contribution < -0.4 is 14.8 Å². The molecule has 138 valence electrons. The third-order valence-corrected chi connectivity index (χ3v) is 3.61. The van der Waals surface area contributed by atoms with E-state index in [1.807, 2.05) is 31.2 Å². The van der Waals surface area contributed by atoms with Crippen LogP contribution in [0.25, 0.3) is 0 Å². The molecule has 1 atom stereocenters. The van der Waals surface area contributed by atoms with Gasteiger partial charge in [-0.05, 0) is 43.7 Å². The van der Waals surface area contributed by atoms with Crippen molar-refractivity contribution in [2.24, 2.45) is 0 Å². The van der Waals surface area contributed by atoms with E-state index in [9.17, 15) is 9.59 Å². The van der Waals surface area contributed by atoms with E-state index in [2.05, 4.69) is 5.32 Å². The predicted molar refractivity (Wildman–Crippen MR) is 98.5 cm³/mol. The minimum atomic E-state index is -0.925. The van der Waals surface area contributed by atoms with E-state index in [0.717, 1.165) is 5.56 Å². The fraction of sp³-hybridized carbons (Fsp3) is 0.300. The van der Waals surface area contributed by atoms with Crippen molar-refractivity contribution in [1.29, 1.82) is 0 Å². The summed E-state index contributed by atoms with van der Waals surface area (Å²) >= 11 is 0. The number of rotatable bonds is 8. The number of anilines is 1. The van der Waals surface area contributed by atoms with Gasteiger partial charge >= 0.3 is 5.97 Å². The molecule has 6 nitrogen and oxygen atoms in total. The third-order valence-electron chi connectivity index (χ3n) is 3.61. The van der Waals surface area contributed by atoms with Gasteiger partial charge in [0.15, 0.2) is 6.10 Å². The average Bonchev–Trinajstić information content (AvgIpc) is 2.62. The highest BCUT2D eigenvalue weighted by atomic mass is 16.5. The number of carbonyl (C=O) groups excluding carboxylic acids is 2. The number of hydrogen-bond donors (Lipinski definition) is 1. The number of ether oxygens (including phenoxy) is 3. The van der Waals surface area contributed by atoms with E-state index < -0.39 is 18.0 Å². The summed E-state index contributed by atoms with van der Waals surface area (Å²) in [6, 6.07) is 14.6. The van der Waals surface area contributed by atoms with Crippen molar-refractivity contribution in [2.45, 2.75) is 26.4 Å². The fourth-order valence-corrected chi connectivity index (χ4v) is 2.25. The topological polar surface area (TPSA) is 73.9 Å². The van der Waals surface area contributed by atoms with Crippen LogP contribution in [0.3, 0.4) is 0 Å². The first-order chi connectivity index (χ1) is 12.5. The molecule has 0 aliphatic rings. The molecule has 0 fully saturated rings. The number of benzene rings is 2. The molecule has 0 unspecified atom stereocenters. The van der Waals surface area contributed by atoms with Crippen molar-refractivity contribution in [3.8, 4) is 11.5 Å². The van der Waals surface area contributed by atoms with E-state index in [4.69, 9.17) is 14.2 Å². The molecule has 0 saturated carbocycles. The maximum absolute atomic E-state index is 12.2. The monoisotopic (exact) mass is 357 g/mol. The number of esters is 1. The van der Waals surface area contributed by atoms with Crippen molar-refractivity contribution in [1.82, 2.24) is 0 Å². The quantitative estimate of drug-likeness (QED) is 0.734. The molecule has 0 aliphatic heterocycles. The van der Waals surface area contributed by atoms with Gasteiger partial charge in [-0.25, -0.2) is 0 Å². The molecule has 0 aliphatic carbocycles. The highest BCUT2D eigenvalue weighted by Crippen LogP contribution is 2.23. The lowest BCUT2D eigenvalue weighted by Gasteiger charge is -2.15. The largest absolute Gasteiger partial charge is 0.495 e. The van der Waals surface area contributed by atoms with Crippen LogP contribution in [-0.2, 0) is 14.3 Å². The van der Waals surface area contributed by atoms with E-state index in [-0.39, 0.29) is 13.0 Å². The summed E-state index contributed by atoms with van der Waals surface area (Å²) in [7, 11) is 1.52. The lowest BCUT2D eigenvalue weighted by Crippen LogP contribution is -2.30. The van der Waals surface area contributed by atoms with Gasteiger partial charge in [0.2, 0.25) is 0 Å². The van der Waals surface area contributed by atoms with E-state index >= 15 is 0 Å². The van der Waals surface area contributed by atoms with Crippen LogP contribution in [0.2, 0.25) is 0 Å². The lowest BCUT2D eigenvalue weighted by atomic mass is 10.2. The maximum Gasteiger partial charge on any atom is 0.310 e. The molecule has 2 aromatic carbocycles. The first kappa shape index (κ1) is 19.3. The first-order valence-electron chi connectivity index (χ1n) is 8.32. The Kier molecular flexibility index (Phi) is 7.02. The molecule has 6 heteroatoms. The van der Waals surface area contributed by atoms with Gasteiger partial charge in [-0.15, -0.1) is 0 Å². The molecule has 0 radical (unpaired) electrons. The standard InChI is InChI=1S/C20H23NO5/c1-14-7-6-8-16(13-14)25-12-11-19(22)26-15(2)20(23)21-17-9-4-5-10-18(17)24-3/h4-10,13,15H,11-12H2,1-3H3,(H,21,23)/t15-/m0/s1. The Morgan fingerprint density at radius 1 is 1.12 bits per heavy atom. The van der Waals surface area contributed by atoms with E-state index in [0.29, 0.717) is 17.2 Å². The normalized spacial score (nSPS) is 11.3. The summed E-state index contributed by atoms with van der Waals surface area (Å²) in [5.74, 6) is 0.300. The molecule has 0 bridgehead atoms. The predicted octanol–water partition coefficient (Wildman–Crippen LogP) is 3.34. The summed E-state index contributed by atoms with van der Waals surface area (Å²) in [6.45, 7) is 3.66. The van der Waals surface area contributed by atoms with Crippen LogP contribution in [0.1, 0.15) is 18.9 Å². The summed E-state index contributed by atoms with van der Waals surface area (Å²) in [5, 5.41) is 2.68. The highest BCUT2D eigenvalue weighted by Gasteiger charge is 2.19. The summed E-state index contributed by atoms with van der Waals surface area (Å²) in [5.41, 5.74) is 1.59. The van der Waals surface area contributed by atoms with Crippen LogP contribution in [0.4, 0.5) is 5.69 Å². The van der Waals surface area contributed by atoms with Gasteiger partial charge in [-0.2, -0.15) is 0 Å². The molecule has 1 N–H and O–H groups in total. The van der Waals surface area contributed by atoms with Gasteiger partial charge in [-0.1, -0.05) is 24.3 Å². The number of carbonyl (C=O) groups is 2. The van der Waals surface area contributed by atoms with Gasteiger partial charge in [0.1, 0.15) is 11.5 Å². The molecule has 2 rings (SSSR count). The van der Waals surface area contributed by atoms with Crippen LogP contribution in [-0.4, -0.2) is 31.7 Å². The summed E-state index contributed by atoms with van der Waals surface area (Å²) < 4.78 is 15.8. The number of aryl methyl sites for hydroxylation is 1. The van der Waals surface area contributed by atoms with Crippen LogP contribution >= 0.6 is 0 Å². The molecule has 0 spiro atoms. The van der Waals surface area contributed by atoms with Gasteiger partial charge in [-0.3, -0.25) is 9.59 Å². The Bertz CT molecular complexity index is 759. The molecular formula is C20H23NO5. The zero-order valence-corrected chi connectivity index (χ0v) is 15.2. The number of hydrogen-bond acceptors (Lipinski definition) is 5. The molecule has 0 saturated heterocycles. The second-order valence-electron chi connectivity index (χ2n) is 5.74. The number of nitrogens with one attached hydrogen (secondary N) is 1. The van der Waals surface area contributed by atoms with Crippen LogP contribution in [0.5, 0.6) is 11.5 Å². The maximum atomic E-state index is 12.2.